The van der Waals surface area contributed by atoms with Gasteiger partial charge in [-0.25, -0.2) is 0 Å². The van der Waals surface area contributed by atoms with Crippen LogP contribution in [0.1, 0.15) is 39.0 Å². The highest BCUT2D eigenvalue weighted by Crippen LogP contribution is 2.19. The molecule has 1 fully saturated rings. The number of likely N-dealkylation sites (N-methyl/N-ethyl adjacent to an activating group) is 1. The fourth-order valence-electron chi connectivity index (χ4n) is 2.05. The van der Waals surface area contributed by atoms with E-state index in [0.29, 0.717) is 12.1 Å². The molecule has 0 saturated heterocycles. The summed E-state index contributed by atoms with van der Waals surface area (Å²) in [6, 6.07) is 0.600. The summed E-state index contributed by atoms with van der Waals surface area (Å²) in [5, 5.41) is 3.50. The smallest absolute Gasteiger partial charge is 0.0724 e. The zero-order valence-electron chi connectivity index (χ0n) is 8.31. The van der Waals surface area contributed by atoms with Gasteiger partial charge in [0.15, 0.2) is 0 Å². The van der Waals surface area contributed by atoms with Crippen LogP contribution in [0.4, 0.5) is 0 Å². The average Bonchev–Trinajstić information content (AvgIpc) is 2.30. The van der Waals surface area contributed by atoms with Crippen LogP contribution in [0.3, 0.4) is 0 Å². The lowest BCUT2D eigenvalue weighted by Gasteiger charge is -2.24. The molecule has 0 aromatic heterocycles. The van der Waals surface area contributed by atoms with E-state index in [1.165, 1.54) is 32.1 Å². The van der Waals surface area contributed by atoms with Crippen LogP contribution >= 0.6 is 0 Å². The van der Waals surface area contributed by atoms with E-state index >= 15 is 0 Å². The Morgan fingerprint density at radius 1 is 1.25 bits per heavy atom. The molecule has 2 heteroatoms. The molecule has 0 aromatic rings. The molecule has 1 aliphatic rings. The zero-order valence-corrected chi connectivity index (χ0v) is 8.31. The predicted octanol–water partition coefficient (Wildman–Crippen LogP) is 1.94. The van der Waals surface area contributed by atoms with Crippen LogP contribution in [0.15, 0.2) is 0 Å². The van der Waals surface area contributed by atoms with E-state index in [9.17, 15) is 0 Å². The van der Waals surface area contributed by atoms with Crippen molar-refractivity contribution in [2.45, 2.75) is 51.2 Å². The monoisotopic (exact) mass is 171 g/mol. The van der Waals surface area contributed by atoms with Crippen LogP contribution in [0.5, 0.6) is 0 Å². The summed E-state index contributed by atoms with van der Waals surface area (Å²) in [6.07, 6.45) is 7.03. The fraction of sp³-hybridized carbons (Fsp3) is 1.00. The van der Waals surface area contributed by atoms with Crippen LogP contribution < -0.4 is 5.32 Å². The Morgan fingerprint density at radius 3 is 2.67 bits per heavy atom. The summed E-state index contributed by atoms with van der Waals surface area (Å²) in [6.45, 7) is 3.22. The number of methoxy groups -OCH3 is 1. The SMILES string of the molecule is CCN[C@H]1CCCCC[C@@H]1OC. The van der Waals surface area contributed by atoms with Gasteiger partial charge in [-0.05, 0) is 19.4 Å². The van der Waals surface area contributed by atoms with Gasteiger partial charge in [-0.1, -0.05) is 26.2 Å². The van der Waals surface area contributed by atoms with Crippen molar-refractivity contribution in [2.75, 3.05) is 13.7 Å². The van der Waals surface area contributed by atoms with Crippen molar-refractivity contribution in [3.05, 3.63) is 0 Å². The van der Waals surface area contributed by atoms with Crippen molar-refractivity contribution in [1.29, 1.82) is 0 Å². The Labute approximate surface area is 75.7 Å². The van der Waals surface area contributed by atoms with Crippen molar-refractivity contribution in [1.82, 2.24) is 5.32 Å². The minimum Gasteiger partial charge on any atom is -0.380 e. The molecule has 1 saturated carbocycles. The highest BCUT2D eigenvalue weighted by atomic mass is 16.5. The minimum atomic E-state index is 0.451. The molecule has 1 rings (SSSR count). The first-order valence-corrected chi connectivity index (χ1v) is 5.14. The standard InChI is InChI=1S/C10H21NO/c1-3-11-9-7-5-4-6-8-10(9)12-2/h9-11H,3-8H2,1-2H3/t9-,10-/m0/s1. The van der Waals surface area contributed by atoms with E-state index in [0.717, 1.165) is 6.54 Å². The topological polar surface area (TPSA) is 21.3 Å². The van der Waals surface area contributed by atoms with Gasteiger partial charge in [-0.15, -0.1) is 0 Å². The first kappa shape index (κ1) is 10.0. The van der Waals surface area contributed by atoms with E-state index in [-0.39, 0.29) is 0 Å². The van der Waals surface area contributed by atoms with Crippen molar-refractivity contribution in [3.63, 3.8) is 0 Å². The highest BCUT2D eigenvalue weighted by Gasteiger charge is 2.21. The zero-order chi connectivity index (χ0) is 8.81. The summed E-state index contributed by atoms with van der Waals surface area (Å²) < 4.78 is 5.47. The molecule has 0 spiro atoms. The fourth-order valence-corrected chi connectivity index (χ4v) is 2.05. The van der Waals surface area contributed by atoms with Gasteiger partial charge in [0, 0.05) is 13.2 Å². The largest absolute Gasteiger partial charge is 0.380 e. The van der Waals surface area contributed by atoms with Crippen molar-refractivity contribution >= 4 is 0 Å². The number of ether oxygens (including phenoxy) is 1. The van der Waals surface area contributed by atoms with E-state index in [4.69, 9.17) is 4.74 Å². The summed E-state index contributed by atoms with van der Waals surface area (Å²) in [5.74, 6) is 0. The molecule has 12 heavy (non-hydrogen) atoms. The lowest BCUT2D eigenvalue weighted by molar-refractivity contribution is 0.0638. The van der Waals surface area contributed by atoms with E-state index in [2.05, 4.69) is 12.2 Å². The summed E-state index contributed by atoms with van der Waals surface area (Å²) >= 11 is 0. The second kappa shape index (κ2) is 5.55. The molecule has 1 aliphatic carbocycles. The molecular weight excluding hydrogens is 150 g/mol. The molecule has 0 aliphatic heterocycles. The lowest BCUT2D eigenvalue weighted by atomic mass is 10.1. The normalized spacial score (nSPS) is 31.5. The van der Waals surface area contributed by atoms with Crippen LogP contribution in [0.25, 0.3) is 0 Å². The molecular formula is C10H21NO. The number of hydrogen-bond donors (Lipinski definition) is 1. The second-order valence-electron chi connectivity index (χ2n) is 3.58. The Hall–Kier alpha value is -0.0800. The molecule has 0 heterocycles. The predicted molar refractivity (Wildman–Crippen MR) is 51.3 cm³/mol. The molecule has 0 amide bonds. The summed E-state index contributed by atoms with van der Waals surface area (Å²) in [5.41, 5.74) is 0. The Balaban J connectivity index is 2.39. The molecule has 0 bridgehead atoms. The Bertz CT molecular complexity index is 116. The van der Waals surface area contributed by atoms with Gasteiger partial charge in [0.25, 0.3) is 0 Å². The summed E-state index contributed by atoms with van der Waals surface area (Å²) in [7, 11) is 1.83. The van der Waals surface area contributed by atoms with Crippen LogP contribution in [0.2, 0.25) is 0 Å². The third-order valence-electron chi connectivity index (χ3n) is 2.72. The molecule has 72 valence electrons. The summed E-state index contributed by atoms with van der Waals surface area (Å²) in [4.78, 5) is 0. The highest BCUT2D eigenvalue weighted by molar-refractivity contribution is 4.79. The Kier molecular flexibility index (Phi) is 4.62. The maximum absolute atomic E-state index is 5.47. The van der Waals surface area contributed by atoms with E-state index in [1.807, 2.05) is 7.11 Å². The van der Waals surface area contributed by atoms with Gasteiger partial charge in [-0.2, -0.15) is 0 Å². The average molecular weight is 171 g/mol. The first-order valence-electron chi connectivity index (χ1n) is 5.14. The number of nitrogens with one attached hydrogen (secondary N) is 1. The van der Waals surface area contributed by atoms with Gasteiger partial charge in [0.05, 0.1) is 6.10 Å². The first-order chi connectivity index (χ1) is 5.88. The third kappa shape index (κ3) is 2.76. The minimum absolute atomic E-state index is 0.451. The van der Waals surface area contributed by atoms with E-state index in [1.54, 1.807) is 0 Å². The molecule has 2 nitrogen and oxygen atoms in total. The van der Waals surface area contributed by atoms with Gasteiger partial charge < -0.3 is 10.1 Å². The van der Waals surface area contributed by atoms with Gasteiger partial charge in [-0.3, -0.25) is 0 Å². The molecule has 1 N–H and O–H groups in total. The maximum atomic E-state index is 5.47. The van der Waals surface area contributed by atoms with Crippen LogP contribution in [-0.2, 0) is 4.74 Å². The van der Waals surface area contributed by atoms with E-state index < -0.39 is 0 Å². The quantitative estimate of drug-likeness (QED) is 0.655. The Morgan fingerprint density at radius 2 is 2.00 bits per heavy atom. The number of hydrogen-bond acceptors (Lipinski definition) is 2. The van der Waals surface area contributed by atoms with Crippen molar-refractivity contribution < 1.29 is 4.74 Å². The van der Waals surface area contributed by atoms with Crippen LogP contribution in [0, 0.1) is 0 Å². The van der Waals surface area contributed by atoms with Gasteiger partial charge >= 0.3 is 0 Å². The molecule has 2 atom stereocenters. The molecule has 0 aromatic carbocycles. The third-order valence-corrected chi connectivity index (χ3v) is 2.72. The maximum Gasteiger partial charge on any atom is 0.0724 e. The van der Waals surface area contributed by atoms with Crippen molar-refractivity contribution in [3.8, 4) is 0 Å². The number of rotatable bonds is 3. The molecule has 0 unspecified atom stereocenters. The molecule has 0 radical (unpaired) electrons. The lowest BCUT2D eigenvalue weighted by Crippen LogP contribution is -2.39. The van der Waals surface area contributed by atoms with Crippen molar-refractivity contribution in [2.24, 2.45) is 0 Å². The van der Waals surface area contributed by atoms with Gasteiger partial charge in [0.2, 0.25) is 0 Å². The van der Waals surface area contributed by atoms with Gasteiger partial charge in [0.1, 0.15) is 0 Å². The second-order valence-corrected chi connectivity index (χ2v) is 3.58. The van der Waals surface area contributed by atoms with Crippen LogP contribution in [-0.4, -0.2) is 25.8 Å².